The number of benzene rings is 2. The van der Waals surface area contributed by atoms with E-state index in [9.17, 15) is 14.7 Å². The Bertz CT molecular complexity index is 818. The second kappa shape index (κ2) is 9.71. The van der Waals surface area contributed by atoms with Gasteiger partial charge in [-0.25, -0.2) is 0 Å². The van der Waals surface area contributed by atoms with E-state index in [4.69, 9.17) is 5.73 Å². The summed E-state index contributed by atoms with van der Waals surface area (Å²) in [6.45, 7) is 3.60. The number of rotatable bonds is 8. The molecule has 0 heterocycles. The number of aliphatic hydroxyl groups is 1. The van der Waals surface area contributed by atoms with Crippen LogP contribution in [0.3, 0.4) is 0 Å². The van der Waals surface area contributed by atoms with Crippen molar-refractivity contribution in [3.63, 3.8) is 0 Å². The highest BCUT2D eigenvalue weighted by molar-refractivity contribution is 6.05. The van der Waals surface area contributed by atoms with E-state index in [1.165, 1.54) is 0 Å². The van der Waals surface area contributed by atoms with Crippen LogP contribution in [0.5, 0.6) is 0 Å². The molecule has 0 atom stereocenters. The van der Waals surface area contributed by atoms with Crippen LogP contribution in [0.1, 0.15) is 42.6 Å². The Morgan fingerprint density at radius 2 is 1.64 bits per heavy atom. The van der Waals surface area contributed by atoms with Crippen LogP contribution in [0.4, 0.5) is 5.69 Å². The molecule has 0 aliphatic heterocycles. The second-order valence-electron chi connectivity index (χ2n) is 6.64. The third-order valence-electron chi connectivity index (χ3n) is 4.81. The Labute approximate surface area is 165 Å². The molecule has 0 aromatic heterocycles. The van der Waals surface area contributed by atoms with Crippen molar-refractivity contribution in [1.82, 2.24) is 10.6 Å². The topological polar surface area (TPSA) is 104 Å². The molecule has 2 aromatic carbocycles. The number of anilines is 1. The lowest BCUT2D eigenvalue weighted by atomic mass is 9.93. The summed E-state index contributed by atoms with van der Waals surface area (Å²) in [6, 6.07) is 15.6. The highest BCUT2D eigenvalue weighted by Gasteiger charge is 2.29. The van der Waals surface area contributed by atoms with Gasteiger partial charge in [0.15, 0.2) is 0 Å². The molecule has 0 radical (unpaired) electrons. The van der Waals surface area contributed by atoms with Gasteiger partial charge < -0.3 is 21.5 Å². The average Bonchev–Trinajstić information content (AvgIpc) is 2.73. The van der Waals surface area contributed by atoms with Gasteiger partial charge in [-0.1, -0.05) is 44.2 Å². The number of carbonyl (C=O) groups is 2. The summed E-state index contributed by atoms with van der Waals surface area (Å²) >= 11 is 0. The minimum absolute atomic E-state index is 0.0957. The number of hydrogen-bond donors (Lipinski definition) is 4. The van der Waals surface area contributed by atoms with Crippen LogP contribution in [-0.4, -0.2) is 29.1 Å². The summed E-state index contributed by atoms with van der Waals surface area (Å²) in [5.41, 5.74) is 6.83. The highest BCUT2D eigenvalue weighted by Crippen LogP contribution is 2.16. The molecule has 6 nitrogen and oxygen atoms in total. The zero-order valence-electron chi connectivity index (χ0n) is 16.2. The highest BCUT2D eigenvalue weighted by atomic mass is 16.3. The standard InChI is InChI=1S/C22H27N3O3/c1-3-22(4-2,15-26)25-21(28)19(14-16-10-12-18(23)13-11-16)24-20(27)17-8-6-5-7-9-17/h5-14,26H,3-4,15,23H2,1-2H3,(H,24,27)(H,25,28)/b19-14-. The van der Waals surface area contributed by atoms with Crippen molar-refractivity contribution in [3.8, 4) is 0 Å². The fourth-order valence-corrected chi connectivity index (χ4v) is 2.70. The van der Waals surface area contributed by atoms with Gasteiger partial charge in [-0.15, -0.1) is 0 Å². The first-order valence-electron chi connectivity index (χ1n) is 9.30. The van der Waals surface area contributed by atoms with E-state index in [2.05, 4.69) is 10.6 Å². The summed E-state index contributed by atoms with van der Waals surface area (Å²) in [5, 5.41) is 15.3. The maximum absolute atomic E-state index is 12.9. The maximum Gasteiger partial charge on any atom is 0.268 e. The molecule has 2 amide bonds. The lowest BCUT2D eigenvalue weighted by Gasteiger charge is -2.31. The van der Waals surface area contributed by atoms with Crippen LogP contribution < -0.4 is 16.4 Å². The molecule has 2 aromatic rings. The molecule has 28 heavy (non-hydrogen) atoms. The summed E-state index contributed by atoms with van der Waals surface area (Å²) < 4.78 is 0. The Kier molecular flexibility index (Phi) is 7.35. The quantitative estimate of drug-likeness (QED) is 0.417. The summed E-state index contributed by atoms with van der Waals surface area (Å²) in [7, 11) is 0. The van der Waals surface area contributed by atoms with Crippen LogP contribution >= 0.6 is 0 Å². The molecule has 0 bridgehead atoms. The number of nitrogen functional groups attached to an aromatic ring is 1. The summed E-state index contributed by atoms with van der Waals surface area (Å²) in [6.07, 6.45) is 2.71. The van der Waals surface area contributed by atoms with Crippen molar-refractivity contribution in [2.45, 2.75) is 32.2 Å². The molecular formula is C22H27N3O3. The number of nitrogens with one attached hydrogen (secondary N) is 2. The fourth-order valence-electron chi connectivity index (χ4n) is 2.70. The molecule has 6 heteroatoms. The van der Waals surface area contributed by atoms with Gasteiger partial charge in [-0.3, -0.25) is 9.59 Å². The number of amides is 2. The van der Waals surface area contributed by atoms with Crippen LogP contribution in [0, 0.1) is 0 Å². The Morgan fingerprint density at radius 1 is 1.04 bits per heavy atom. The van der Waals surface area contributed by atoms with Gasteiger partial charge in [0.05, 0.1) is 12.1 Å². The predicted molar refractivity (Wildman–Crippen MR) is 111 cm³/mol. The second-order valence-corrected chi connectivity index (χ2v) is 6.64. The van der Waals surface area contributed by atoms with Gasteiger partial charge in [0.1, 0.15) is 5.70 Å². The molecule has 2 rings (SSSR count). The molecule has 0 saturated heterocycles. The lowest BCUT2D eigenvalue weighted by Crippen LogP contribution is -2.52. The van der Waals surface area contributed by atoms with Crippen molar-refractivity contribution >= 4 is 23.6 Å². The van der Waals surface area contributed by atoms with E-state index in [0.29, 0.717) is 24.1 Å². The van der Waals surface area contributed by atoms with E-state index >= 15 is 0 Å². The van der Waals surface area contributed by atoms with E-state index in [1.54, 1.807) is 54.6 Å². The van der Waals surface area contributed by atoms with Crippen molar-refractivity contribution in [2.24, 2.45) is 0 Å². The number of nitrogens with two attached hydrogens (primary N) is 1. The SMILES string of the molecule is CCC(CC)(CO)NC(=O)/C(=C/c1ccc(N)cc1)NC(=O)c1ccccc1. The Balaban J connectivity index is 2.33. The van der Waals surface area contributed by atoms with Crippen LogP contribution in [0.15, 0.2) is 60.3 Å². The molecule has 0 aliphatic carbocycles. The smallest absolute Gasteiger partial charge is 0.268 e. The van der Waals surface area contributed by atoms with E-state index < -0.39 is 11.4 Å². The third-order valence-corrected chi connectivity index (χ3v) is 4.81. The van der Waals surface area contributed by atoms with E-state index in [1.807, 2.05) is 19.9 Å². The fraction of sp³-hybridized carbons (Fsp3) is 0.273. The molecule has 0 spiro atoms. The normalized spacial score (nSPS) is 11.8. The number of carbonyl (C=O) groups excluding carboxylic acids is 2. The molecule has 0 saturated carbocycles. The molecule has 0 aliphatic rings. The molecule has 148 valence electrons. The van der Waals surface area contributed by atoms with E-state index in [0.717, 1.165) is 5.56 Å². The molecule has 0 unspecified atom stereocenters. The van der Waals surface area contributed by atoms with Gasteiger partial charge in [0.25, 0.3) is 11.8 Å². The van der Waals surface area contributed by atoms with Gasteiger partial charge in [0, 0.05) is 11.3 Å². The van der Waals surface area contributed by atoms with Crippen LogP contribution in [0.2, 0.25) is 0 Å². The first-order chi connectivity index (χ1) is 13.4. The van der Waals surface area contributed by atoms with E-state index in [-0.39, 0.29) is 18.2 Å². The average molecular weight is 381 g/mol. The van der Waals surface area contributed by atoms with Crippen molar-refractivity contribution in [1.29, 1.82) is 0 Å². The van der Waals surface area contributed by atoms with Crippen molar-refractivity contribution in [3.05, 3.63) is 71.4 Å². The number of aliphatic hydroxyl groups excluding tert-OH is 1. The Morgan fingerprint density at radius 3 is 2.18 bits per heavy atom. The Hall–Kier alpha value is -3.12. The van der Waals surface area contributed by atoms with Gasteiger partial charge in [0.2, 0.25) is 0 Å². The van der Waals surface area contributed by atoms with Crippen LogP contribution in [-0.2, 0) is 4.79 Å². The minimum atomic E-state index is -0.741. The first kappa shape index (κ1) is 21.2. The molecule has 0 fully saturated rings. The maximum atomic E-state index is 12.9. The predicted octanol–water partition coefficient (Wildman–Crippen LogP) is 2.71. The lowest BCUT2D eigenvalue weighted by molar-refractivity contribution is -0.120. The van der Waals surface area contributed by atoms with Gasteiger partial charge in [-0.2, -0.15) is 0 Å². The summed E-state index contributed by atoms with van der Waals surface area (Å²) in [4.78, 5) is 25.5. The van der Waals surface area contributed by atoms with Crippen molar-refractivity contribution in [2.75, 3.05) is 12.3 Å². The zero-order chi connectivity index (χ0) is 20.6. The molecular weight excluding hydrogens is 354 g/mol. The van der Waals surface area contributed by atoms with Gasteiger partial charge in [-0.05, 0) is 48.7 Å². The largest absolute Gasteiger partial charge is 0.399 e. The number of hydrogen-bond acceptors (Lipinski definition) is 4. The third kappa shape index (κ3) is 5.44. The van der Waals surface area contributed by atoms with Gasteiger partial charge >= 0.3 is 0 Å². The first-order valence-corrected chi connectivity index (χ1v) is 9.30. The van der Waals surface area contributed by atoms with Crippen LogP contribution in [0.25, 0.3) is 6.08 Å². The summed E-state index contributed by atoms with van der Waals surface area (Å²) in [5.74, 6) is -0.848. The zero-order valence-corrected chi connectivity index (χ0v) is 16.2. The molecule has 5 N–H and O–H groups in total. The monoisotopic (exact) mass is 381 g/mol. The minimum Gasteiger partial charge on any atom is -0.399 e. The van der Waals surface area contributed by atoms with Crippen molar-refractivity contribution < 1.29 is 14.7 Å².